The van der Waals surface area contributed by atoms with Crippen molar-refractivity contribution in [2.45, 2.75) is 37.8 Å². The first-order valence-corrected chi connectivity index (χ1v) is 8.29. The normalized spacial score (nSPS) is 18.3. The van der Waals surface area contributed by atoms with Gasteiger partial charge in [-0.15, -0.1) is 0 Å². The average Bonchev–Trinajstić information content (AvgIpc) is 3.48. The maximum Gasteiger partial charge on any atom is 0.255 e. The van der Waals surface area contributed by atoms with Gasteiger partial charge in [0, 0.05) is 6.20 Å². The van der Waals surface area contributed by atoms with E-state index in [0.29, 0.717) is 17.2 Å². The highest BCUT2D eigenvalue weighted by Gasteiger charge is 2.35. The van der Waals surface area contributed by atoms with Crippen LogP contribution in [0.2, 0.25) is 0 Å². The first-order valence-electron chi connectivity index (χ1n) is 8.29. The summed E-state index contributed by atoms with van der Waals surface area (Å²) in [6.45, 7) is 0. The Labute approximate surface area is 135 Å². The molecule has 0 radical (unpaired) electrons. The third kappa shape index (κ3) is 3.36. The van der Waals surface area contributed by atoms with Crippen LogP contribution in [0, 0.1) is 5.92 Å². The van der Waals surface area contributed by atoms with E-state index in [-0.39, 0.29) is 18.1 Å². The van der Waals surface area contributed by atoms with Gasteiger partial charge in [-0.2, -0.15) is 0 Å². The van der Waals surface area contributed by atoms with Crippen molar-refractivity contribution in [1.82, 2.24) is 10.3 Å². The van der Waals surface area contributed by atoms with E-state index in [1.54, 1.807) is 6.20 Å². The van der Waals surface area contributed by atoms with Crippen LogP contribution in [0.25, 0.3) is 0 Å². The zero-order valence-corrected chi connectivity index (χ0v) is 12.9. The molecule has 2 aromatic rings. The zero-order valence-electron chi connectivity index (χ0n) is 12.9. The second-order valence-electron chi connectivity index (χ2n) is 6.36. The van der Waals surface area contributed by atoms with Gasteiger partial charge in [-0.1, -0.05) is 18.2 Å². The van der Waals surface area contributed by atoms with Crippen molar-refractivity contribution < 1.29 is 9.53 Å². The molecule has 4 heteroatoms. The van der Waals surface area contributed by atoms with E-state index in [4.69, 9.17) is 4.74 Å². The number of hydrogen-bond acceptors (Lipinski definition) is 3. The lowest BCUT2D eigenvalue weighted by Gasteiger charge is -2.19. The van der Waals surface area contributed by atoms with E-state index < -0.39 is 0 Å². The molecule has 0 bridgehead atoms. The maximum atomic E-state index is 12.8. The van der Waals surface area contributed by atoms with Crippen LogP contribution in [0.4, 0.5) is 0 Å². The summed E-state index contributed by atoms with van der Waals surface area (Å²) in [6.07, 6.45) is 6.49. The lowest BCUT2D eigenvalue weighted by molar-refractivity contribution is 0.0926. The van der Waals surface area contributed by atoms with Gasteiger partial charge >= 0.3 is 0 Å². The van der Waals surface area contributed by atoms with E-state index in [2.05, 4.69) is 10.3 Å². The number of ether oxygens (including phenoxy) is 1. The average molecular weight is 308 g/mol. The molecule has 1 N–H and O–H groups in total. The number of benzene rings is 1. The number of aromatic nitrogens is 1. The molecule has 1 aromatic heterocycles. The summed E-state index contributed by atoms with van der Waals surface area (Å²) in [4.78, 5) is 17.2. The number of carbonyl (C=O) groups excluding carboxylic acids is 1. The Kier molecular flexibility index (Phi) is 3.74. The third-order valence-electron chi connectivity index (χ3n) is 4.34. The summed E-state index contributed by atoms with van der Waals surface area (Å²) in [5, 5.41) is 3.16. The number of nitrogens with one attached hydrogen (secondary N) is 1. The molecule has 23 heavy (non-hydrogen) atoms. The topological polar surface area (TPSA) is 51.2 Å². The van der Waals surface area contributed by atoms with E-state index in [9.17, 15) is 4.79 Å². The predicted molar refractivity (Wildman–Crippen MR) is 87.3 cm³/mol. The number of carbonyl (C=O) groups is 1. The Balaban J connectivity index is 1.54. The van der Waals surface area contributed by atoms with Gasteiger partial charge in [0.25, 0.3) is 5.91 Å². The Hall–Kier alpha value is -2.36. The van der Waals surface area contributed by atoms with Gasteiger partial charge in [-0.3, -0.25) is 9.78 Å². The van der Waals surface area contributed by atoms with Crippen LogP contribution in [0.5, 0.6) is 5.75 Å². The van der Waals surface area contributed by atoms with Crippen LogP contribution < -0.4 is 10.1 Å². The number of pyridine rings is 1. The highest BCUT2D eigenvalue weighted by molar-refractivity contribution is 5.97. The Morgan fingerprint density at radius 2 is 1.87 bits per heavy atom. The number of nitrogens with zero attached hydrogens (tertiary/aromatic N) is 1. The fourth-order valence-electron chi connectivity index (χ4n) is 2.76. The second-order valence-corrected chi connectivity index (χ2v) is 6.36. The first kappa shape index (κ1) is 14.2. The van der Waals surface area contributed by atoms with Crippen molar-refractivity contribution in [1.29, 1.82) is 0 Å². The molecule has 2 fully saturated rings. The van der Waals surface area contributed by atoms with Crippen molar-refractivity contribution >= 4 is 5.91 Å². The predicted octanol–water partition coefficient (Wildman–Crippen LogP) is 3.50. The molecule has 1 amide bonds. The molecule has 2 aliphatic carbocycles. The lowest BCUT2D eigenvalue weighted by Crippen LogP contribution is -2.30. The summed E-state index contributed by atoms with van der Waals surface area (Å²) < 4.78 is 5.86. The molecule has 1 unspecified atom stereocenters. The molecule has 1 heterocycles. The summed E-state index contributed by atoms with van der Waals surface area (Å²) in [7, 11) is 0. The largest absolute Gasteiger partial charge is 0.490 e. The molecule has 0 aliphatic heterocycles. The van der Waals surface area contributed by atoms with Crippen molar-refractivity contribution in [3.05, 3.63) is 59.9 Å². The minimum absolute atomic E-state index is 0.0160. The van der Waals surface area contributed by atoms with Gasteiger partial charge in [0.1, 0.15) is 5.75 Å². The monoisotopic (exact) mass is 308 g/mol. The maximum absolute atomic E-state index is 12.8. The zero-order chi connectivity index (χ0) is 15.6. The second kappa shape index (κ2) is 6.03. The van der Waals surface area contributed by atoms with Gasteiger partial charge in [-0.25, -0.2) is 0 Å². The van der Waals surface area contributed by atoms with Crippen LogP contribution >= 0.6 is 0 Å². The fourth-order valence-corrected chi connectivity index (χ4v) is 2.76. The number of para-hydroxylation sites is 1. The lowest BCUT2D eigenvalue weighted by atomic mass is 10.1. The number of amides is 1. The van der Waals surface area contributed by atoms with Crippen molar-refractivity contribution in [2.24, 2.45) is 5.92 Å². The van der Waals surface area contributed by atoms with Crippen molar-refractivity contribution in [2.75, 3.05) is 0 Å². The van der Waals surface area contributed by atoms with Crippen LogP contribution in [-0.2, 0) is 0 Å². The van der Waals surface area contributed by atoms with Gasteiger partial charge in [0.05, 0.1) is 23.4 Å². The fraction of sp³-hybridized carbons (Fsp3) is 0.368. The molecule has 2 aliphatic rings. The first-order chi connectivity index (χ1) is 11.3. The summed E-state index contributed by atoms with van der Waals surface area (Å²) in [6, 6.07) is 13.3. The van der Waals surface area contributed by atoms with Crippen molar-refractivity contribution in [3.63, 3.8) is 0 Å². The van der Waals surface area contributed by atoms with Gasteiger partial charge in [0.15, 0.2) is 0 Å². The minimum atomic E-state index is -0.0798. The van der Waals surface area contributed by atoms with E-state index in [0.717, 1.165) is 31.4 Å². The highest BCUT2D eigenvalue weighted by atomic mass is 16.5. The van der Waals surface area contributed by atoms with Gasteiger partial charge < -0.3 is 10.1 Å². The van der Waals surface area contributed by atoms with Gasteiger partial charge in [-0.05, 0) is 55.9 Å². The molecule has 4 rings (SSSR count). The quantitative estimate of drug-likeness (QED) is 0.888. The molecular weight excluding hydrogens is 288 g/mol. The van der Waals surface area contributed by atoms with E-state index >= 15 is 0 Å². The molecule has 2 saturated carbocycles. The molecule has 118 valence electrons. The molecule has 1 aromatic carbocycles. The minimum Gasteiger partial charge on any atom is -0.490 e. The van der Waals surface area contributed by atoms with E-state index in [1.165, 1.54) is 0 Å². The standard InChI is InChI=1S/C19H20N2O2/c22-19(15-5-1-2-7-17(15)23-14-10-11-14)21-18(13-8-9-13)16-6-3-4-12-20-16/h1-7,12-14,18H,8-11H2,(H,21,22). The van der Waals surface area contributed by atoms with E-state index in [1.807, 2.05) is 42.5 Å². The number of hydrogen-bond donors (Lipinski definition) is 1. The molecular formula is C19H20N2O2. The molecule has 4 nitrogen and oxygen atoms in total. The van der Waals surface area contributed by atoms with Crippen LogP contribution in [0.3, 0.4) is 0 Å². The molecule has 1 atom stereocenters. The summed E-state index contributed by atoms with van der Waals surface area (Å²) >= 11 is 0. The van der Waals surface area contributed by atoms with Crippen LogP contribution in [0.1, 0.15) is 47.8 Å². The number of rotatable bonds is 6. The Morgan fingerprint density at radius 3 is 2.57 bits per heavy atom. The van der Waals surface area contributed by atoms with Gasteiger partial charge in [0.2, 0.25) is 0 Å². The molecule has 0 saturated heterocycles. The Morgan fingerprint density at radius 1 is 1.09 bits per heavy atom. The Bertz CT molecular complexity index is 694. The van der Waals surface area contributed by atoms with Crippen LogP contribution in [-0.4, -0.2) is 17.0 Å². The smallest absolute Gasteiger partial charge is 0.255 e. The highest BCUT2D eigenvalue weighted by Crippen LogP contribution is 2.40. The summed E-state index contributed by atoms with van der Waals surface area (Å²) in [5.41, 5.74) is 1.55. The summed E-state index contributed by atoms with van der Waals surface area (Å²) in [5.74, 6) is 1.09. The molecule has 0 spiro atoms. The van der Waals surface area contributed by atoms with Crippen molar-refractivity contribution in [3.8, 4) is 5.75 Å². The third-order valence-corrected chi connectivity index (χ3v) is 4.34. The van der Waals surface area contributed by atoms with Crippen LogP contribution in [0.15, 0.2) is 48.7 Å². The SMILES string of the molecule is O=C(NC(c1ccccn1)C1CC1)c1ccccc1OC1CC1.